The average molecular weight is 249 g/mol. The third-order valence-corrected chi connectivity index (χ3v) is 3.45. The summed E-state index contributed by atoms with van der Waals surface area (Å²) in [5, 5.41) is 4.91. The normalized spacial score (nSPS) is 14.1. The molecule has 0 unspecified atom stereocenters. The standard InChI is InChI=1S/C12H13ClN4/c1-7-9(6-17(2)16-7)12-14-10-5-3-4-8(10)11(13)15-12/h6H,3-5H2,1-2H3. The van der Waals surface area contributed by atoms with Gasteiger partial charge in [0.15, 0.2) is 5.82 Å². The van der Waals surface area contributed by atoms with Gasteiger partial charge in [-0.15, -0.1) is 0 Å². The van der Waals surface area contributed by atoms with Crippen molar-refractivity contribution < 1.29 is 0 Å². The molecule has 5 heteroatoms. The highest BCUT2D eigenvalue weighted by molar-refractivity contribution is 6.30. The van der Waals surface area contributed by atoms with E-state index >= 15 is 0 Å². The summed E-state index contributed by atoms with van der Waals surface area (Å²) < 4.78 is 1.77. The maximum Gasteiger partial charge on any atom is 0.164 e. The summed E-state index contributed by atoms with van der Waals surface area (Å²) in [6, 6.07) is 0. The Morgan fingerprint density at radius 3 is 2.82 bits per heavy atom. The Morgan fingerprint density at radius 1 is 1.29 bits per heavy atom. The Hall–Kier alpha value is -1.42. The molecule has 0 atom stereocenters. The quantitative estimate of drug-likeness (QED) is 0.728. The molecule has 2 aromatic heterocycles. The van der Waals surface area contributed by atoms with E-state index in [1.54, 1.807) is 4.68 Å². The molecule has 3 rings (SSSR count). The lowest BCUT2D eigenvalue weighted by Crippen LogP contribution is -1.97. The Morgan fingerprint density at radius 2 is 2.12 bits per heavy atom. The summed E-state index contributed by atoms with van der Waals surface area (Å²) in [4.78, 5) is 9.00. The summed E-state index contributed by atoms with van der Waals surface area (Å²) in [6.45, 7) is 1.96. The third kappa shape index (κ3) is 1.72. The minimum Gasteiger partial charge on any atom is -0.275 e. The molecule has 88 valence electrons. The van der Waals surface area contributed by atoms with Crippen molar-refractivity contribution >= 4 is 11.6 Å². The number of hydrogen-bond acceptors (Lipinski definition) is 3. The van der Waals surface area contributed by atoms with Crippen LogP contribution in [-0.2, 0) is 19.9 Å². The molecule has 0 saturated carbocycles. The molecule has 0 amide bonds. The monoisotopic (exact) mass is 248 g/mol. The van der Waals surface area contributed by atoms with Gasteiger partial charge in [-0.25, -0.2) is 9.97 Å². The Kier molecular flexibility index (Phi) is 2.40. The van der Waals surface area contributed by atoms with Crippen molar-refractivity contribution in [3.63, 3.8) is 0 Å². The first-order valence-corrected chi connectivity index (χ1v) is 6.09. The van der Waals surface area contributed by atoms with Crippen LogP contribution >= 0.6 is 11.6 Å². The van der Waals surface area contributed by atoms with Gasteiger partial charge in [-0.1, -0.05) is 11.6 Å². The molecule has 0 bridgehead atoms. The third-order valence-electron chi connectivity index (χ3n) is 3.14. The van der Waals surface area contributed by atoms with Crippen LogP contribution < -0.4 is 0 Å². The summed E-state index contributed by atoms with van der Waals surface area (Å²) in [5.41, 5.74) is 4.12. The van der Waals surface area contributed by atoms with Gasteiger partial charge < -0.3 is 0 Å². The topological polar surface area (TPSA) is 43.6 Å². The lowest BCUT2D eigenvalue weighted by atomic mass is 10.2. The molecule has 0 aliphatic heterocycles. The van der Waals surface area contributed by atoms with Crippen molar-refractivity contribution in [3.05, 3.63) is 28.3 Å². The number of aromatic nitrogens is 4. The summed E-state index contributed by atoms with van der Waals surface area (Å²) >= 11 is 6.21. The second kappa shape index (κ2) is 3.81. The van der Waals surface area contributed by atoms with Gasteiger partial charge >= 0.3 is 0 Å². The average Bonchev–Trinajstić information content (AvgIpc) is 2.84. The zero-order valence-electron chi connectivity index (χ0n) is 9.87. The Labute approximate surface area is 105 Å². The van der Waals surface area contributed by atoms with Gasteiger partial charge in [-0.05, 0) is 26.2 Å². The van der Waals surface area contributed by atoms with Crippen LogP contribution in [0.4, 0.5) is 0 Å². The lowest BCUT2D eigenvalue weighted by molar-refractivity contribution is 0.756. The highest BCUT2D eigenvalue weighted by Crippen LogP contribution is 2.29. The molecular weight excluding hydrogens is 236 g/mol. The molecule has 0 spiro atoms. The molecule has 2 heterocycles. The van der Waals surface area contributed by atoms with Crippen LogP contribution in [0.5, 0.6) is 0 Å². The predicted octanol–water partition coefficient (Wildman–Crippen LogP) is 2.33. The molecule has 0 fully saturated rings. The van der Waals surface area contributed by atoms with Crippen LogP contribution in [0.25, 0.3) is 11.4 Å². The van der Waals surface area contributed by atoms with Crippen molar-refractivity contribution in [3.8, 4) is 11.4 Å². The van der Waals surface area contributed by atoms with Crippen molar-refractivity contribution in [2.75, 3.05) is 0 Å². The molecular formula is C12H13ClN4. The summed E-state index contributed by atoms with van der Waals surface area (Å²) in [6.07, 6.45) is 5.06. The van der Waals surface area contributed by atoms with Crippen LogP contribution in [0.3, 0.4) is 0 Å². The van der Waals surface area contributed by atoms with E-state index in [9.17, 15) is 0 Å². The predicted molar refractivity (Wildman–Crippen MR) is 66.0 cm³/mol. The van der Waals surface area contributed by atoms with Crippen LogP contribution in [0, 0.1) is 6.92 Å². The highest BCUT2D eigenvalue weighted by Gasteiger charge is 2.20. The van der Waals surface area contributed by atoms with Gasteiger partial charge in [0.1, 0.15) is 5.15 Å². The van der Waals surface area contributed by atoms with Gasteiger partial charge in [0.2, 0.25) is 0 Å². The summed E-state index contributed by atoms with van der Waals surface area (Å²) in [7, 11) is 1.89. The van der Waals surface area contributed by atoms with E-state index in [0.717, 1.165) is 41.8 Å². The first-order chi connectivity index (χ1) is 8.15. The highest BCUT2D eigenvalue weighted by atomic mass is 35.5. The molecule has 0 saturated heterocycles. The molecule has 4 nitrogen and oxygen atoms in total. The number of aryl methyl sites for hydroxylation is 3. The zero-order valence-corrected chi connectivity index (χ0v) is 10.6. The van der Waals surface area contributed by atoms with E-state index in [4.69, 9.17) is 11.6 Å². The van der Waals surface area contributed by atoms with Crippen LogP contribution in [0.2, 0.25) is 5.15 Å². The van der Waals surface area contributed by atoms with Crippen LogP contribution in [-0.4, -0.2) is 19.7 Å². The van der Waals surface area contributed by atoms with E-state index in [1.165, 1.54) is 0 Å². The van der Waals surface area contributed by atoms with E-state index < -0.39 is 0 Å². The number of nitrogens with zero attached hydrogens (tertiary/aromatic N) is 4. The number of halogens is 1. The maximum atomic E-state index is 6.21. The fourth-order valence-corrected chi connectivity index (χ4v) is 2.61. The number of rotatable bonds is 1. The van der Waals surface area contributed by atoms with Gasteiger partial charge in [0.25, 0.3) is 0 Å². The smallest absolute Gasteiger partial charge is 0.164 e. The fourth-order valence-electron chi connectivity index (χ4n) is 2.33. The molecule has 0 aromatic carbocycles. The minimum absolute atomic E-state index is 0.603. The second-order valence-electron chi connectivity index (χ2n) is 4.42. The molecule has 0 N–H and O–H groups in total. The van der Waals surface area contributed by atoms with Crippen LogP contribution in [0.15, 0.2) is 6.20 Å². The minimum atomic E-state index is 0.603. The first-order valence-electron chi connectivity index (χ1n) is 5.71. The van der Waals surface area contributed by atoms with E-state index in [-0.39, 0.29) is 0 Å². The first kappa shape index (κ1) is 10.7. The van der Waals surface area contributed by atoms with Crippen molar-refractivity contribution in [1.82, 2.24) is 19.7 Å². The van der Waals surface area contributed by atoms with E-state index in [1.807, 2.05) is 20.2 Å². The van der Waals surface area contributed by atoms with Crippen LogP contribution in [0.1, 0.15) is 23.4 Å². The molecule has 2 aromatic rings. The zero-order chi connectivity index (χ0) is 12.0. The molecule has 0 radical (unpaired) electrons. The molecule has 1 aliphatic rings. The fraction of sp³-hybridized carbons (Fsp3) is 0.417. The van der Waals surface area contributed by atoms with Gasteiger partial charge in [0.05, 0.1) is 11.3 Å². The van der Waals surface area contributed by atoms with E-state index in [0.29, 0.717) is 11.0 Å². The summed E-state index contributed by atoms with van der Waals surface area (Å²) in [5.74, 6) is 0.696. The second-order valence-corrected chi connectivity index (χ2v) is 4.78. The van der Waals surface area contributed by atoms with Gasteiger partial charge in [0, 0.05) is 24.5 Å². The number of hydrogen-bond donors (Lipinski definition) is 0. The van der Waals surface area contributed by atoms with E-state index in [2.05, 4.69) is 15.1 Å². The number of fused-ring (bicyclic) bond motifs is 1. The maximum absolute atomic E-state index is 6.21. The molecule has 17 heavy (non-hydrogen) atoms. The van der Waals surface area contributed by atoms with Gasteiger partial charge in [-0.3, -0.25) is 4.68 Å². The van der Waals surface area contributed by atoms with Crippen molar-refractivity contribution in [1.29, 1.82) is 0 Å². The Bertz CT molecular complexity index is 588. The molecule has 1 aliphatic carbocycles. The Balaban J connectivity index is 2.16. The van der Waals surface area contributed by atoms with Crippen molar-refractivity contribution in [2.45, 2.75) is 26.2 Å². The SMILES string of the molecule is Cc1nn(C)cc1-c1nc(Cl)c2c(n1)CCC2. The lowest BCUT2D eigenvalue weighted by Gasteiger charge is -2.04. The van der Waals surface area contributed by atoms with Crippen molar-refractivity contribution in [2.24, 2.45) is 7.05 Å². The van der Waals surface area contributed by atoms with Gasteiger partial charge in [-0.2, -0.15) is 5.10 Å². The largest absolute Gasteiger partial charge is 0.275 e.